The standard InChI is InChI=1S/C20H25N3.C2H6/c1-4-15(2)6-5-7-19-16(3)12-13-23(19)14-17-8-10-18(11-9-17)20(21)22;1-2/h5-13,15H,3-4,14H2,1-2H3,(H3,21,22);1-2H3/b6-5-,19-7+;. The first kappa shape index (κ1) is 20.5. The summed E-state index contributed by atoms with van der Waals surface area (Å²) in [6.07, 6.45) is 9.67. The summed E-state index contributed by atoms with van der Waals surface area (Å²) in [6.45, 7) is 13.3. The van der Waals surface area contributed by atoms with Crippen LogP contribution in [0.1, 0.15) is 45.2 Å². The first-order valence-electron chi connectivity index (χ1n) is 8.97. The number of hydrogen-bond acceptors (Lipinski definition) is 1. The topological polar surface area (TPSA) is 54.8 Å². The highest BCUT2D eigenvalue weighted by molar-refractivity contribution is 5.94. The van der Waals surface area contributed by atoms with Crippen LogP contribution in [0.15, 0.2) is 48.7 Å². The quantitative estimate of drug-likeness (QED) is 0.614. The fraction of sp³-hybridized carbons (Fsp3) is 0.318. The van der Waals surface area contributed by atoms with Crippen molar-refractivity contribution in [3.8, 4) is 0 Å². The van der Waals surface area contributed by atoms with Crippen LogP contribution in [0.4, 0.5) is 0 Å². The zero-order chi connectivity index (χ0) is 18.8. The van der Waals surface area contributed by atoms with Crippen molar-refractivity contribution < 1.29 is 0 Å². The molecular formula is C22H31N3. The van der Waals surface area contributed by atoms with Crippen molar-refractivity contribution in [3.05, 3.63) is 70.4 Å². The van der Waals surface area contributed by atoms with E-state index in [-0.39, 0.29) is 5.84 Å². The van der Waals surface area contributed by atoms with E-state index in [0.29, 0.717) is 5.92 Å². The molecule has 0 aliphatic carbocycles. The number of nitrogens with two attached hydrogens (primary N) is 1. The van der Waals surface area contributed by atoms with Gasteiger partial charge in [0.2, 0.25) is 0 Å². The third-order valence-electron chi connectivity index (χ3n) is 4.05. The minimum atomic E-state index is 0.0989. The lowest BCUT2D eigenvalue weighted by Gasteiger charge is -2.06. The first-order valence-corrected chi connectivity index (χ1v) is 8.97. The van der Waals surface area contributed by atoms with Crippen molar-refractivity contribution in [2.45, 2.75) is 40.7 Å². The Labute approximate surface area is 151 Å². The summed E-state index contributed by atoms with van der Waals surface area (Å²) >= 11 is 0. The van der Waals surface area contributed by atoms with Crippen molar-refractivity contribution in [3.63, 3.8) is 0 Å². The summed E-state index contributed by atoms with van der Waals surface area (Å²) in [5, 5.41) is 9.59. The molecule has 134 valence electrons. The highest BCUT2D eigenvalue weighted by Gasteiger charge is 2.00. The first-order chi connectivity index (χ1) is 12.0. The molecule has 1 aromatic heterocycles. The molecule has 3 heteroatoms. The summed E-state index contributed by atoms with van der Waals surface area (Å²) in [4.78, 5) is 0. The number of rotatable bonds is 6. The molecule has 1 heterocycles. The van der Waals surface area contributed by atoms with E-state index < -0.39 is 0 Å². The lowest BCUT2D eigenvalue weighted by Crippen LogP contribution is -2.28. The van der Waals surface area contributed by atoms with Gasteiger partial charge in [-0.2, -0.15) is 0 Å². The van der Waals surface area contributed by atoms with Gasteiger partial charge < -0.3 is 10.3 Å². The van der Waals surface area contributed by atoms with Crippen molar-refractivity contribution in [2.24, 2.45) is 11.7 Å². The molecule has 1 aromatic carbocycles. The Morgan fingerprint density at radius 2 is 1.88 bits per heavy atom. The molecule has 0 aliphatic heterocycles. The van der Waals surface area contributed by atoms with Crippen LogP contribution in [0, 0.1) is 11.3 Å². The van der Waals surface area contributed by atoms with Gasteiger partial charge in [-0.3, -0.25) is 5.41 Å². The van der Waals surface area contributed by atoms with Gasteiger partial charge in [0.05, 0.1) is 0 Å². The monoisotopic (exact) mass is 337 g/mol. The van der Waals surface area contributed by atoms with E-state index in [1.165, 1.54) is 5.56 Å². The molecule has 0 amide bonds. The van der Waals surface area contributed by atoms with Gasteiger partial charge in [-0.1, -0.05) is 77.1 Å². The molecule has 1 atom stereocenters. The van der Waals surface area contributed by atoms with E-state index in [1.807, 2.05) is 44.2 Å². The Kier molecular flexibility index (Phi) is 8.48. The van der Waals surface area contributed by atoms with Crippen LogP contribution in [-0.2, 0) is 6.54 Å². The maximum absolute atomic E-state index is 7.44. The second kappa shape index (κ2) is 10.3. The number of nitrogen functional groups attached to an aromatic ring is 1. The zero-order valence-corrected chi connectivity index (χ0v) is 15.9. The average Bonchev–Trinajstić information content (AvgIpc) is 2.97. The van der Waals surface area contributed by atoms with E-state index in [1.54, 1.807) is 0 Å². The average molecular weight is 338 g/mol. The van der Waals surface area contributed by atoms with E-state index in [2.05, 4.69) is 49.4 Å². The maximum atomic E-state index is 7.44. The Morgan fingerprint density at radius 1 is 1.24 bits per heavy atom. The molecule has 0 aliphatic rings. The number of allylic oxidation sites excluding steroid dienone is 2. The zero-order valence-electron chi connectivity index (χ0n) is 15.9. The SMILES string of the molecule is C=c1ccn(Cc2ccc(C(=N)N)cc2)/c1=C/C=C\C(C)CC.CC. The van der Waals surface area contributed by atoms with Gasteiger partial charge in [0.15, 0.2) is 0 Å². The predicted octanol–water partition coefficient (Wildman–Crippen LogP) is 3.64. The molecule has 0 spiro atoms. The lowest BCUT2D eigenvalue weighted by atomic mass is 10.1. The molecule has 2 rings (SSSR count). The van der Waals surface area contributed by atoms with Gasteiger partial charge in [-0.05, 0) is 28.8 Å². The molecule has 25 heavy (non-hydrogen) atoms. The fourth-order valence-corrected chi connectivity index (χ4v) is 2.33. The normalized spacial score (nSPS) is 12.7. The Bertz CT molecular complexity index is 795. The molecule has 0 fully saturated rings. The highest BCUT2D eigenvalue weighted by atomic mass is 14.9. The van der Waals surface area contributed by atoms with Crippen LogP contribution >= 0.6 is 0 Å². The minimum Gasteiger partial charge on any atom is -0.384 e. The van der Waals surface area contributed by atoms with E-state index in [4.69, 9.17) is 11.1 Å². The Morgan fingerprint density at radius 3 is 2.44 bits per heavy atom. The number of amidine groups is 1. The second-order valence-corrected chi connectivity index (χ2v) is 5.90. The van der Waals surface area contributed by atoms with Crippen molar-refractivity contribution in [1.82, 2.24) is 4.57 Å². The molecule has 0 radical (unpaired) electrons. The van der Waals surface area contributed by atoms with E-state index in [9.17, 15) is 0 Å². The summed E-state index contributed by atoms with van der Waals surface area (Å²) in [5.41, 5.74) is 7.42. The van der Waals surface area contributed by atoms with E-state index in [0.717, 1.165) is 29.1 Å². The summed E-state index contributed by atoms with van der Waals surface area (Å²) in [6, 6.07) is 9.83. The van der Waals surface area contributed by atoms with Gasteiger partial charge in [0.25, 0.3) is 0 Å². The molecular weight excluding hydrogens is 306 g/mol. The largest absolute Gasteiger partial charge is 0.384 e. The van der Waals surface area contributed by atoms with Crippen molar-refractivity contribution >= 4 is 18.5 Å². The van der Waals surface area contributed by atoms with Gasteiger partial charge in [0, 0.05) is 23.7 Å². The van der Waals surface area contributed by atoms with Gasteiger partial charge in [-0.15, -0.1) is 0 Å². The van der Waals surface area contributed by atoms with Gasteiger partial charge in [0.1, 0.15) is 5.84 Å². The van der Waals surface area contributed by atoms with Gasteiger partial charge in [-0.25, -0.2) is 0 Å². The lowest BCUT2D eigenvalue weighted by molar-refractivity contribution is 0.698. The molecule has 3 N–H and O–H groups in total. The van der Waals surface area contributed by atoms with Crippen LogP contribution < -0.4 is 16.3 Å². The number of nitrogens with zero attached hydrogens (tertiary/aromatic N) is 1. The van der Waals surface area contributed by atoms with Crippen molar-refractivity contribution in [2.75, 3.05) is 0 Å². The predicted molar refractivity (Wildman–Crippen MR) is 110 cm³/mol. The number of nitrogens with one attached hydrogen (secondary N) is 1. The third kappa shape index (κ3) is 6.11. The third-order valence-corrected chi connectivity index (χ3v) is 4.05. The molecule has 1 unspecified atom stereocenters. The fourth-order valence-electron chi connectivity index (χ4n) is 2.33. The van der Waals surface area contributed by atoms with E-state index >= 15 is 0 Å². The molecule has 0 saturated carbocycles. The van der Waals surface area contributed by atoms with Crippen LogP contribution in [-0.4, -0.2) is 10.4 Å². The minimum absolute atomic E-state index is 0.0989. The van der Waals surface area contributed by atoms with Gasteiger partial charge >= 0.3 is 0 Å². The Hall–Kier alpha value is -2.55. The van der Waals surface area contributed by atoms with Crippen LogP contribution in [0.3, 0.4) is 0 Å². The summed E-state index contributed by atoms with van der Waals surface area (Å²) in [5.74, 6) is 0.684. The smallest absolute Gasteiger partial charge is 0.122 e. The number of hydrogen-bond donors (Lipinski definition) is 2. The second-order valence-electron chi connectivity index (χ2n) is 5.90. The maximum Gasteiger partial charge on any atom is 0.122 e. The van der Waals surface area contributed by atoms with Crippen LogP contribution in [0.5, 0.6) is 0 Å². The number of aromatic nitrogens is 1. The summed E-state index contributed by atoms with van der Waals surface area (Å²) < 4.78 is 2.19. The molecule has 2 aromatic rings. The van der Waals surface area contributed by atoms with Crippen molar-refractivity contribution in [1.29, 1.82) is 5.41 Å². The van der Waals surface area contributed by atoms with Crippen LogP contribution in [0.25, 0.3) is 12.7 Å². The molecule has 3 nitrogen and oxygen atoms in total. The highest BCUT2D eigenvalue weighted by Crippen LogP contribution is 2.05. The van der Waals surface area contributed by atoms with Crippen LogP contribution in [0.2, 0.25) is 0 Å². The Balaban J connectivity index is 0.00000151. The summed E-state index contributed by atoms with van der Waals surface area (Å²) in [7, 11) is 0. The number of benzene rings is 1. The molecule has 0 saturated heterocycles. The molecule has 0 bridgehead atoms.